The van der Waals surface area contributed by atoms with Gasteiger partial charge in [-0.2, -0.15) is 0 Å². The molecule has 1 N–H and O–H groups in total. The van der Waals surface area contributed by atoms with E-state index in [-0.39, 0.29) is 38.8 Å². The van der Waals surface area contributed by atoms with Crippen molar-refractivity contribution in [1.82, 2.24) is 4.72 Å². The second-order valence-corrected chi connectivity index (χ2v) is 26.2. The lowest BCUT2D eigenvalue weighted by Crippen LogP contribution is -2.67. The van der Waals surface area contributed by atoms with Crippen LogP contribution < -0.4 is 4.72 Å². The highest BCUT2D eigenvalue weighted by Gasteiger charge is 2.58. The van der Waals surface area contributed by atoms with Gasteiger partial charge in [0, 0.05) is 8.07 Å². The van der Waals surface area contributed by atoms with Gasteiger partial charge < -0.3 is 42.6 Å². The number of fused-ring (bicyclic) bond motifs is 1. The summed E-state index contributed by atoms with van der Waals surface area (Å²) in [7, 11) is -5.59. The first-order valence-electron chi connectivity index (χ1n) is 21.9. The summed E-state index contributed by atoms with van der Waals surface area (Å²) in [5.41, 5.74) is 3.01. The summed E-state index contributed by atoms with van der Waals surface area (Å²) in [6.07, 6.45) is -8.45. The van der Waals surface area contributed by atoms with Crippen molar-refractivity contribution in [3.05, 3.63) is 144 Å². The Kier molecular flexibility index (Phi) is 17.5. The standard InChI is InChI=1S/C48H61NO12S2Si/c1-5-62-47-40(49-63(51,52)26-27-64(2,3)4)43(55-30-36-22-14-8-15-23-36)41(39(58-47)33-54-29-35-20-12-7-13-21-35)59-46-45(56-31-37-24-16-9-17-25-37)44-42(60-48(50)61-44)38(57-46)32-53-28-34-18-10-6-11-19-34/h6-25,38-47,49H,5,26-33H2,1-4H3/t38-,39-,40-,41-,42+,43-,44+,45-,46+,47+/m1/s1. The van der Waals surface area contributed by atoms with E-state index >= 15 is 0 Å². The number of carbonyl (C=O) groups is 1. The van der Waals surface area contributed by atoms with Gasteiger partial charge >= 0.3 is 6.16 Å². The second-order valence-electron chi connectivity index (χ2n) is 17.4. The number of thioether (sulfide) groups is 1. The van der Waals surface area contributed by atoms with Crippen molar-refractivity contribution in [2.75, 3.05) is 24.7 Å². The lowest BCUT2D eigenvalue weighted by Gasteiger charge is -2.49. The molecule has 4 aromatic carbocycles. The molecule has 3 heterocycles. The molecule has 346 valence electrons. The van der Waals surface area contributed by atoms with Gasteiger partial charge in [-0.3, -0.25) is 0 Å². The van der Waals surface area contributed by atoms with Gasteiger partial charge in [-0.05, 0) is 34.1 Å². The number of nitrogens with one attached hydrogen (secondary N) is 1. The highest BCUT2D eigenvalue weighted by atomic mass is 32.2. The molecule has 10 atom stereocenters. The molecule has 64 heavy (non-hydrogen) atoms. The van der Waals surface area contributed by atoms with Crippen LogP contribution in [-0.2, 0) is 79.1 Å². The van der Waals surface area contributed by atoms with Gasteiger partial charge in [0.1, 0.15) is 36.0 Å². The van der Waals surface area contributed by atoms with Crippen LogP contribution in [0, 0.1) is 0 Å². The molecule has 0 amide bonds. The predicted molar refractivity (Wildman–Crippen MR) is 247 cm³/mol. The van der Waals surface area contributed by atoms with E-state index in [0.717, 1.165) is 22.3 Å². The van der Waals surface area contributed by atoms with Crippen LogP contribution in [0.2, 0.25) is 25.7 Å². The molecule has 0 aliphatic carbocycles. The molecule has 4 aromatic rings. The minimum Gasteiger partial charge on any atom is -0.424 e. The minimum absolute atomic E-state index is 0.0331. The maximum atomic E-state index is 14.1. The first-order valence-corrected chi connectivity index (χ1v) is 28.3. The van der Waals surface area contributed by atoms with E-state index in [0.29, 0.717) is 18.4 Å². The van der Waals surface area contributed by atoms with Crippen LogP contribution in [0.3, 0.4) is 0 Å². The molecule has 0 saturated carbocycles. The number of benzene rings is 4. The van der Waals surface area contributed by atoms with Crippen LogP contribution in [0.1, 0.15) is 29.2 Å². The van der Waals surface area contributed by atoms with Crippen molar-refractivity contribution in [2.45, 2.75) is 120 Å². The molecule has 3 aliphatic heterocycles. The van der Waals surface area contributed by atoms with E-state index < -0.39 is 84.7 Å². The Balaban J connectivity index is 1.25. The SMILES string of the molecule is CCS[C@@H]1O[C@H](COCc2ccccc2)[C@@H](O[C@@H]2O[C@H](COCc3ccccc3)[C@@H]3OC(=O)O[C@@H]3[C@H]2OCc2ccccc2)[C@H](OCc2ccccc2)[C@H]1NS(=O)(=O)CC[Si](C)(C)C. The van der Waals surface area contributed by atoms with Crippen LogP contribution in [0.15, 0.2) is 121 Å². The average molecular weight is 936 g/mol. The maximum Gasteiger partial charge on any atom is 0.509 e. The quantitative estimate of drug-likeness (QED) is 0.0573. The van der Waals surface area contributed by atoms with Crippen molar-refractivity contribution >= 4 is 36.0 Å². The molecule has 0 bridgehead atoms. The summed E-state index contributed by atoms with van der Waals surface area (Å²) in [6, 6.07) is 38.5. The molecule has 0 radical (unpaired) electrons. The summed E-state index contributed by atoms with van der Waals surface area (Å²) in [5, 5.41) is 0. The third-order valence-corrected chi connectivity index (χ3v) is 15.7. The lowest BCUT2D eigenvalue weighted by atomic mass is 9.96. The Morgan fingerprint density at radius 2 is 1.11 bits per heavy atom. The molecule has 7 rings (SSSR count). The second kappa shape index (κ2) is 23.2. The lowest BCUT2D eigenvalue weighted by molar-refractivity contribution is -0.333. The summed E-state index contributed by atoms with van der Waals surface area (Å²) >= 11 is 1.48. The molecule has 3 saturated heterocycles. The molecule has 16 heteroatoms. The molecule has 13 nitrogen and oxygen atoms in total. The van der Waals surface area contributed by atoms with Gasteiger partial charge in [0.05, 0.1) is 51.4 Å². The Bertz CT molecular complexity index is 2120. The van der Waals surface area contributed by atoms with E-state index in [1.54, 1.807) is 0 Å². The van der Waals surface area contributed by atoms with E-state index in [9.17, 15) is 13.2 Å². The van der Waals surface area contributed by atoms with E-state index in [2.05, 4.69) is 24.4 Å². The average Bonchev–Trinajstić information content (AvgIpc) is 3.69. The monoisotopic (exact) mass is 935 g/mol. The van der Waals surface area contributed by atoms with Gasteiger partial charge in [-0.1, -0.05) is 148 Å². The minimum atomic E-state index is -3.84. The van der Waals surface area contributed by atoms with Gasteiger partial charge in [0.2, 0.25) is 10.0 Å². The molecule has 0 unspecified atom stereocenters. The zero-order chi connectivity index (χ0) is 44.9. The van der Waals surface area contributed by atoms with Gasteiger partial charge in [-0.25, -0.2) is 17.9 Å². The topological polar surface area (TPSA) is 146 Å². The summed E-state index contributed by atoms with van der Waals surface area (Å²) in [6.45, 7) is 9.41. The molecular formula is C48H61NO12S2Si. The number of rotatable bonds is 23. The van der Waals surface area contributed by atoms with Crippen molar-refractivity contribution in [3.63, 3.8) is 0 Å². The van der Waals surface area contributed by atoms with Crippen LogP contribution >= 0.6 is 11.8 Å². The highest BCUT2D eigenvalue weighted by Crippen LogP contribution is 2.39. The first-order chi connectivity index (χ1) is 30.9. The molecule has 3 fully saturated rings. The Labute approximate surface area is 382 Å². The largest absolute Gasteiger partial charge is 0.509 e. The van der Waals surface area contributed by atoms with Crippen LogP contribution in [-0.4, -0.2) is 108 Å². The first kappa shape index (κ1) is 48.3. The fourth-order valence-electron chi connectivity index (χ4n) is 7.79. The summed E-state index contributed by atoms with van der Waals surface area (Å²) in [5.74, 6) is 0.593. The highest BCUT2D eigenvalue weighted by molar-refractivity contribution is 7.99. The molecular weight excluding hydrogens is 875 g/mol. The molecule has 3 aliphatic rings. The number of carbonyl (C=O) groups excluding carboxylic acids is 1. The summed E-state index contributed by atoms with van der Waals surface area (Å²) in [4.78, 5) is 13.0. The zero-order valence-electron chi connectivity index (χ0n) is 36.9. The van der Waals surface area contributed by atoms with E-state index in [1.807, 2.05) is 128 Å². The van der Waals surface area contributed by atoms with Crippen LogP contribution in [0.4, 0.5) is 4.79 Å². The van der Waals surface area contributed by atoms with Crippen molar-refractivity contribution in [1.29, 1.82) is 0 Å². The number of ether oxygens (including phenoxy) is 9. The summed E-state index contributed by atoms with van der Waals surface area (Å²) < 4.78 is 89.7. The fraction of sp³-hybridized carbons (Fsp3) is 0.479. The Hall–Kier alpha value is -3.65. The third kappa shape index (κ3) is 13.9. The fourth-order valence-corrected chi connectivity index (χ4v) is 13.2. The van der Waals surface area contributed by atoms with Gasteiger partial charge in [-0.15, -0.1) is 11.8 Å². The number of hydrogen-bond acceptors (Lipinski definition) is 13. The number of sulfonamides is 1. The van der Waals surface area contributed by atoms with Crippen molar-refractivity contribution < 1.29 is 55.8 Å². The zero-order valence-corrected chi connectivity index (χ0v) is 39.5. The normalized spacial score (nSPS) is 27.1. The Morgan fingerprint density at radius 1 is 0.625 bits per heavy atom. The van der Waals surface area contributed by atoms with Gasteiger partial charge in [0.15, 0.2) is 18.5 Å². The predicted octanol–water partition coefficient (Wildman–Crippen LogP) is 7.71. The van der Waals surface area contributed by atoms with Crippen LogP contribution in [0.25, 0.3) is 0 Å². The molecule has 0 aromatic heterocycles. The van der Waals surface area contributed by atoms with Crippen molar-refractivity contribution in [3.8, 4) is 0 Å². The van der Waals surface area contributed by atoms with Crippen LogP contribution in [0.5, 0.6) is 0 Å². The molecule has 0 spiro atoms. The van der Waals surface area contributed by atoms with E-state index in [4.69, 9.17) is 42.6 Å². The van der Waals surface area contributed by atoms with Gasteiger partial charge in [0.25, 0.3) is 0 Å². The number of hydrogen-bond donors (Lipinski definition) is 1. The van der Waals surface area contributed by atoms with E-state index in [1.165, 1.54) is 11.8 Å². The smallest absolute Gasteiger partial charge is 0.424 e. The maximum absolute atomic E-state index is 14.1. The third-order valence-electron chi connectivity index (χ3n) is 11.1. The van der Waals surface area contributed by atoms with Crippen molar-refractivity contribution in [2.24, 2.45) is 0 Å². The Morgan fingerprint density at radius 3 is 1.62 bits per heavy atom.